The van der Waals surface area contributed by atoms with Crippen LogP contribution in [0.15, 0.2) is 50.8 Å². The molecule has 2 N–H and O–H groups in total. The number of pyridine rings is 1. The van der Waals surface area contributed by atoms with Gasteiger partial charge in [-0.05, 0) is 29.5 Å². The molecular formula is C17H19N5O4S2. The van der Waals surface area contributed by atoms with E-state index < -0.39 is 28.5 Å². The second-order valence-corrected chi connectivity index (χ2v) is 9.19. The zero-order valence-electron chi connectivity index (χ0n) is 15.2. The van der Waals surface area contributed by atoms with Crippen LogP contribution in [-0.4, -0.2) is 36.0 Å². The second-order valence-electron chi connectivity index (χ2n) is 6.24. The first kappa shape index (κ1) is 20.1. The van der Waals surface area contributed by atoms with Gasteiger partial charge < -0.3 is 9.84 Å². The summed E-state index contributed by atoms with van der Waals surface area (Å²) in [5, 5.41) is 8.32. The lowest BCUT2D eigenvalue weighted by Crippen LogP contribution is -2.40. The number of thiophene rings is 1. The number of rotatable bonds is 8. The summed E-state index contributed by atoms with van der Waals surface area (Å²) in [4.78, 5) is 20.6. The normalized spacial score (nSPS) is 12.8. The van der Waals surface area contributed by atoms with Crippen LogP contribution in [-0.2, 0) is 14.8 Å². The lowest BCUT2D eigenvalue weighted by molar-refractivity contribution is -0.121. The van der Waals surface area contributed by atoms with E-state index in [1.807, 2.05) is 13.8 Å². The molecule has 9 nitrogen and oxygen atoms in total. The minimum Gasteiger partial charge on any atom is -0.343 e. The van der Waals surface area contributed by atoms with Gasteiger partial charge in [0, 0.05) is 18.0 Å². The van der Waals surface area contributed by atoms with E-state index in [0.29, 0.717) is 11.4 Å². The van der Waals surface area contributed by atoms with Crippen molar-refractivity contribution in [3.63, 3.8) is 0 Å². The average Bonchev–Trinajstić information content (AvgIpc) is 3.37. The van der Waals surface area contributed by atoms with Crippen LogP contribution in [0.4, 0.5) is 0 Å². The van der Waals surface area contributed by atoms with E-state index in [2.05, 4.69) is 25.2 Å². The van der Waals surface area contributed by atoms with E-state index in [1.165, 1.54) is 6.07 Å². The highest BCUT2D eigenvalue weighted by Crippen LogP contribution is 2.23. The number of sulfonamides is 1. The van der Waals surface area contributed by atoms with Crippen molar-refractivity contribution in [2.45, 2.75) is 24.1 Å². The highest BCUT2D eigenvalue weighted by molar-refractivity contribution is 7.91. The summed E-state index contributed by atoms with van der Waals surface area (Å²) in [6.45, 7) is 3.37. The van der Waals surface area contributed by atoms with Crippen LogP contribution in [0.5, 0.6) is 0 Å². The monoisotopic (exact) mass is 421 g/mol. The molecule has 0 aliphatic carbocycles. The largest absolute Gasteiger partial charge is 0.343 e. The number of nitrogens with zero attached hydrogens (tertiary/aromatic N) is 3. The van der Waals surface area contributed by atoms with E-state index in [9.17, 15) is 13.2 Å². The van der Waals surface area contributed by atoms with Crippen molar-refractivity contribution >= 4 is 27.3 Å². The quantitative estimate of drug-likeness (QED) is 0.569. The standard InChI is InChI=1S/C17H19N5O4S2/c1-11(2)15(17-21-16(22-26-17)12-5-3-7-18-9-12)20-13(23)10-19-28(24,25)14-6-4-8-27-14/h3-9,11,15,19H,10H2,1-2H3,(H,20,23). The van der Waals surface area contributed by atoms with Gasteiger partial charge in [-0.25, -0.2) is 13.1 Å². The van der Waals surface area contributed by atoms with Crippen molar-refractivity contribution in [1.82, 2.24) is 25.2 Å². The number of carbonyl (C=O) groups excluding carboxylic acids is 1. The van der Waals surface area contributed by atoms with Crippen molar-refractivity contribution in [2.75, 3.05) is 6.54 Å². The first-order valence-electron chi connectivity index (χ1n) is 8.43. The Balaban J connectivity index is 1.66. The molecule has 28 heavy (non-hydrogen) atoms. The van der Waals surface area contributed by atoms with Crippen LogP contribution in [0, 0.1) is 5.92 Å². The van der Waals surface area contributed by atoms with E-state index in [-0.39, 0.29) is 16.0 Å². The molecule has 0 spiro atoms. The average molecular weight is 422 g/mol. The first-order valence-corrected chi connectivity index (χ1v) is 10.8. The summed E-state index contributed by atoms with van der Waals surface area (Å²) in [6, 6.07) is 6.09. The van der Waals surface area contributed by atoms with E-state index in [1.54, 1.807) is 36.0 Å². The van der Waals surface area contributed by atoms with Crippen molar-refractivity contribution < 1.29 is 17.7 Å². The zero-order valence-corrected chi connectivity index (χ0v) is 16.8. The Kier molecular flexibility index (Phi) is 6.17. The van der Waals surface area contributed by atoms with Gasteiger partial charge in [-0.3, -0.25) is 9.78 Å². The molecule has 0 bridgehead atoms. The SMILES string of the molecule is CC(C)C(NC(=O)CNS(=O)(=O)c1cccs1)c1nc(-c2cccnc2)no1. The minimum atomic E-state index is -3.72. The van der Waals surface area contributed by atoms with Gasteiger partial charge in [0.2, 0.25) is 17.6 Å². The fourth-order valence-electron chi connectivity index (χ4n) is 2.36. The Hall–Kier alpha value is -2.63. The number of carbonyl (C=O) groups is 1. The summed E-state index contributed by atoms with van der Waals surface area (Å²) >= 11 is 1.08. The highest BCUT2D eigenvalue weighted by Gasteiger charge is 2.26. The van der Waals surface area contributed by atoms with Gasteiger partial charge >= 0.3 is 0 Å². The molecule has 148 valence electrons. The molecule has 0 saturated heterocycles. The van der Waals surface area contributed by atoms with E-state index in [4.69, 9.17) is 4.52 Å². The smallest absolute Gasteiger partial charge is 0.250 e. The van der Waals surface area contributed by atoms with E-state index in [0.717, 1.165) is 11.3 Å². The van der Waals surface area contributed by atoms with Crippen LogP contribution in [0.3, 0.4) is 0 Å². The third kappa shape index (κ3) is 4.80. The molecule has 3 aromatic rings. The fourth-order valence-corrected chi connectivity index (χ4v) is 4.38. The number of hydrogen-bond donors (Lipinski definition) is 2. The summed E-state index contributed by atoms with van der Waals surface area (Å²) < 4.78 is 32.0. The molecule has 1 unspecified atom stereocenters. The molecule has 0 aliphatic heterocycles. The summed E-state index contributed by atoms with van der Waals surface area (Å²) in [7, 11) is -3.72. The van der Waals surface area contributed by atoms with Gasteiger partial charge in [0.1, 0.15) is 10.3 Å². The molecule has 0 saturated carbocycles. The van der Waals surface area contributed by atoms with Crippen molar-refractivity contribution in [3.05, 3.63) is 47.9 Å². The Morgan fingerprint density at radius 2 is 2.11 bits per heavy atom. The Bertz CT molecular complexity index is 1020. The van der Waals surface area contributed by atoms with Gasteiger partial charge in [0.05, 0.1) is 6.54 Å². The number of nitrogens with one attached hydrogen (secondary N) is 2. The van der Waals surface area contributed by atoms with Crippen LogP contribution in [0.2, 0.25) is 0 Å². The third-order valence-electron chi connectivity index (χ3n) is 3.79. The maximum atomic E-state index is 12.3. The van der Waals surface area contributed by atoms with Gasteiger partial charge in [-0.2, -0.15) is 4.98 Å². The van der Waals surface area contributed by atoms with Crippen LogP contribution in [0.25, 0.3) is 11.4 Å². The molecule has 3 heterocycles. The maximum Gasteiger partial charge on any atom is 0.250 e. The van der Waals surface area contributed by atoms with Crippen LogP contribution < -0.4 is 10.0 Å². The van der Waals surface area contributed by atoms with Gasteiger partial charge in [-0.1, -0.05) is 25.1 Å². The summed E-state index contributed by atoms with van der Waals surface area (Å²) in [5.41, 5.74) is 0.690. The topological polar surface area (TPSA) is 127 Å². The fraction of sp³-hybridized carbons (Fsp3) is 0.294. The molecule has 0 aliphatic rings. The van der Waals surface area contributed by atoms with Crippen LogP contribution in [0.1, 0.15) is 25.8 Å². The Labute approximate surface area is 166 Å². The molecule has 11 heteroatoms. The molecule has 0 fully saturated rings. The molecule has 1 amide bonds. The molecule has 3 aromatic heterocycles. The summed E-state index contributed by atoms with van der Waals surface area (Å²) in [5.74, 6) is 0.0460. The van der Waals surface area contributed by atoms with Crippen molar-refractivity contribution in [1.29, 1.82) is 0 Å². The molecular weight excluding hydrogens is 402 g/mol. The predicted octanol–water partition coefficient (Wildman–Crippen LogP) is 1.98. The molecule has 0 aromatic carbocycles. The number of amides is 1. The van der Waals surface area contributed by atoms with Crippen molar-refractivity contribution in [2.24, 2.45) is 5.92 Å². The Morgan fingerprint density at radius 3 is 2.75 bits per heavy atom. The third-order valence-corrected chi connectivity index (χ3v) is 6.59. The Morgan fingerprint density at radius 1 is 1.29 bits per heavy atom. The molecule has 1 atom stereocenters. The van der Waals surface area contributed by atoms with Gasteiger partial charge in [0.15, 0.2) is 0 Å². The lowest BCUT2D eigenvalue weighted by Gasteiger charge is -2.18. The zero-order chi connectivity index (χ0) is 20.1. The maximum absolute atomic E-state index is 12.3. The van der Waals surface area contributed by atoms with Crippen LogP contribution >= 0.6 is 11.3 Å². The van der Waals surface area contributed by atoms with E-state index >= 15 is 0 Å². The molecule has 0 radical (unpaired) electrons. The molecule has 3 rings (SSSR count). The number of hydrogen-bond acceptors (Lipinski definition) is 8. The van der Waals surface area contributed by atoms with Gasteiger partial charge in [0.25, 0.3) is 10.0 Å². The summed E-state index contributed by atoms with van der Waals surface area (Å²) in [6.07, 6.45) is 3.25. The highest BCUT2D eigenvalue weighted by atomic mass is 32.2. The minimum absolute atomic E-state index is 0.0555. The first-order chi connectivity index (χ1) is 13.4. The van der Waals surface area contributed by atoms with Gasteiger partial charge in [-0.15, -0.1) is 11.3 Å². The lowest BCUT2D eigenvalue weighted by atomic mass is 10.0. The second kappa shape index (κ2) is 8.59. The van der Waals surface area contributed by atoms with Crippen molar-refractivity contribution in [3.8, 4) is 11.4 Å². The number of aromatic nitrogens is 3. The predicted molar refractivity (Wildman–Crippen MR) is 103 cm³/mol.